The molecule has 0 rings (SSSR count). The number of hydrogen-bond acceptors (Lipinski definition) is 7. The largest absolute Gasteiger partial charge is 0.490 e. The molecular weight excluding hydrogens is 443 g/mol. The van der Waals surface area contributed by atoms with E-state index in [1.54, 1.807) is 20.8 Å². The third kappa shape index (κ3) is 16.8. The van der Waals surface area contributed by atoms with Crippen molar-refractivity contribution in [3.8, 4) is 0 Å². The highest BCUT2D eigenvalue weighted by Gasteiger charge is 2.38. The lowest BCUT2D eigenvalue weighted by molar-refractivity contribution is -0.192. The summed E-state index contributed by atoms with van der Waals surface area (Å²) in [5.74, 6) is -4.73. The number of hydrogen-bond donors (Lipinski definition) is 7. The number of carbonyl (C=O) groups excluding carboxylic acids is 3. The average Bonchev–Trinajstić information content (AvgIpc) is 2.63. The van der Waals surface area contributed by atoms with E-state index in [0.29, 0.717) is 6.42 Å². The summed E-state index contributed by atoms with van der Waals surface area (Å²) in [6.07, 6.45) is -4.73. The number of alkyl halides is 3. The van der Waals surface area contributed by atoms with Gasteiger partial charge in [0.15, 0.2) is 0 Å². The number of nitrogens with one attached hydrogen (secondary N) is 2. The smallest absolute Gasteiger partial charge is 0.480 e. The van der Waals surface area contributed by atoms with Crippen molar-refractivity contribution < 1.29 is 47.4 Å². The van der Waals surface area contributed by atoms with Crippen molar-refractivity contribution in [3.05, 3.63) is 0 Å². The Bertz CT molecular complexity index is 643. The predicted octanol–water partition coefficient (Wildman–Crippen LogP) is -0.253. The van der Waals surface area contributed by atoms with Gasteiger partial charge in [0.2, 0.25) is 11.8 Å². The van der Waals surface area contributed by atoms with Gasteiger partial charge >= 0.3 is 24.1 Å². The molecule has 3 unspecified atom stereocenters. The normalized spacial score (nSPS) is 13.4. The number of imide groups is 1. The lowest BCUT2D eigenvalue weighted by Crippen LogP contribution is -2.50. The number of nitrogens with two attached hydrogens (primary N) is 3. The zero-order chi connectivity index (χ0) is 26.4. The molecule has 4 amide bonds. The number of halogens is 3. The van der Waals surface area contributed by atoms with Crippen LogP contribution in [0.15, 0.2) is 0 Å². The van der Waals surface area contributed by atoms with Crippen LogP contribution in [0.3, 0.4) is 0 Å². The summed E-state index contributed by atoms with van der Waals surface area (Å²) in [7, 11) is 0. The predicted molar refractivity (Wildman–Crippen MR) is 107 cm³/mol. The topological polar surface area (TPSA) is 228 Å². The van der Waals surface area contributed by atoms with E-state index in [-0.39, 0.29) is 11.8 Å². The second-order valence-electron chi connectivity index (χ2n) is 7.00. The Morgan fingerprint density at radius 1 is 0.875 bits per heavy atom. The highest BCUT2D eigenvalue weighted by atomic mass is 19.4. The van der Waals surface area contributed by atoms with Gasteiger partial charge in [-0.3, -0.25) is 14.9 Å². The first-order valence-electron chi connectivity index (χ1n) is 9.24. The van der Waals surface area contributed by atoms with Gasteiger partial charge < -0.3 is 32.7 Å². The highest BCUT2D eigenvalue weighted by Crippen LogP contribution is 2.13. The minimum atomic E-state index is -5.08. The number of carboxylic acids is 2. The molecule has 0 saturated heterocycles. The number of aliphatic carboxylic acids is 2. The molecule has 0 aliphatic heterocycles. The first kappa shape index (κ1) is 33.7. The third-order valence-corrected chi connectivity index (χ3v) is 3.55. The minimum absolute atomic E-state index is 0.00120. The number of primary amides is 1. The number of rotatable bonds is 7. The average molecular weight is 475 g/mol. The van der Waals surface area contributed by atoms with E-state index in [9.17, 15) is 32.3 Å². The lowest BCUT2D eigenvalue weighted by atomic mass is 10.0. The van der Waals surface area contributed by atoms with Crippen LogP contribution in [0, 0.1) is 11.8 Å². The third-order valence-electron chi connectivity index (χ3n) is 3.55. The van der Waals surface area contributed by atoms with Crippen LogP contribution in [0.25, 0.3) is 0 Å². The Kier molecular flexibility index (Phi) is 16.6. The number of carbonyl (C=O) groups is 5. The van der Waals surface area contributed by atoms with Crippen LogP contribution in [0.2, 0.25) is 0 Å². The van der Waals surface area contributed by atoms with Crippen molar-refractivity contribution in [2.45, 2.75) is 65.3 Å². The van der Waals surface area contributed by atoms with Crippen molar-refractivity contribution in [2.24, 2.45) is 29.0 Å². The van der Waals surface area contributed by atoms with Gasteiger partial charge in [-0.1, -0.05) is 34.6 Å². The molecule has 10 N–H and O–H groups in total. The van der Waals surface area contributed by atoms with Gasteiger partial charge in [0.25, 0.3) is 0 Å². The lowest BCUT2D eigenvalue weighted by Gasteiger charge is -2.18. The van der Waals surface area contributed by atoms with E-state index in [1.165, 1.54) is 0 Å². The van der Waals surface area contributed by atoms with E-state index in [4.69, 9.17) is 32.2 Å². The van der Waals surface area contributed by atoms with Gasteiger partial charge in [0.1, 0.15) is 6.04 Å². The van der Waals surface area contributed by atoms with Crippen molar-refractivity contribution in [3.63, 3.8) is 0 Å². The summed E-state index contributed by atoms with van der Waals surface area (Å²) in [5, 5.41) is 20.1. The van der Waals surface area contributed by atoms with Crippen molar-refractivity contribution in [1.82, 2.24) is 10.6 Å². The van der Waals surface area contributed by atoms with E-state index in [1.807, 2.05) is 19.2 Å². The molecule has 0 spiro atoms. The van der Waals surface area contributed by atoms with E-state index < -0.39 is 54.1 Å². The van der Waals surface area contributed by atoms with Crippen LogP contribution in [0.4, 0.5) is 18.0 Å². The summed E-state index contributed by atoms with van der Waals surface area (Å²) >= 11 is 0. The molecule has 32 heavy (non-hydrogen) atoms. The molecule has 0 aliphatic rings. The van der Waals surface area contributed by atoms with Crippen LogP contribution in [0.5, 0.6) is 0 Å². The Morgan fingerprint density at radius 2 is 1.22 bits per heavy atom. The fraction of sp³-hybridized carbons (Fsp3) is 0.706. The molecular formula is C17H32F3N5O7. The zero-order valence-electron chi connectivity index (χ0n) is 18.4. The van der Waals surface area contributed by atoms with Crippen LogP contribution in [-0.4, -0.2) is 64.3 Å². The summed E-state index contributed by atoms with van der Waals surface area (Å²) in [5.41, 5.74) is 15.7. The molecule has 0 heterocycles. The van der Waals surface area contributed by atoms with Crippen LogP contribution in [0.1, 0.15) is 41.0 Å². The van der Waals surface area contributed by atoms with Crippen LogP contribution in [-0.2, 0) is 19.2 Å². The second-order valence-corrected chi connectivity index (χ2v) is 7.00. The van der Waals surface area contributed by atoms with Crippen LogP contribution < -0.4 is 27.8 Å². The summed E-state index contributed by atoms with van der Waals surface area (Å²) < 4.78 is 31.7. The van der Waals surface area contributed by atoms with Crippen molar-refractivity contribution in [1.29, 1.82) is 0 Å². The SMILES string of the molecule is CC(C)C(N)C(=O)NC(N)=O.CCC(NC(=O)C(N)C(C)C)C(=O)O.O=C(O)C(F)(F)F. The Balaban J connectivity index is -0.000000417. The summed E-state index contributed by atoms with van der Waals surface area (Å²) in [6.45, 7) is 8.88. The molecule has 0 bridgehead atoms. The first-order valence-corrected chi connectivity index (χ1v) is 9.24. The Hall–Kier alpha value is -2.94. The van der Waals surface area contributed by atoms with E-state index >= 15 is 0 Å². The fourth-order valence-corrected chi connectivity index (χ4v) is 1.42. The number of amides is 4. The van der Waals surface area contributed by atoms with Gasteiger partial charge in [0.05, 0.1) is 12.1 Å². The van der Waals surface area contributed by atoms with Crippen molar-refractivity contribution >= 4 is 29.8 Å². The standard InChI is InChI=1S/C9H18N2O3.C6H13N3O2.C2HF3O2/c1-4-6(9(13)14)11-8(12)7(10)5(2)3;1-3(2)4(7)5(10)9-6(8)11;3-2(4,5)1(6)7/h5-7H,4,10H2,1-3H3,(H,11,12)(H,13,14);3-4H,7H2,1-2H3,(H3,8,9,10,11);(H,6,7). The number of urea groups is 1. The molecule has 0 saturated carbocycles. The van der Waals surface area contributed by atoms with Crippen LogP contribution >= 0.6 is 0 Å². The minimum Gasteiger partial charge on any atom is -0.480 e. The maximum Gasteiger partial charge on any atom is 0.490 e. The quantitative estimate of drug-likeness (QED) is 0.257. The second kappa shape index (κ2) is 15.8. The number of carboxylic acid groups (broad SMARTS) is 2. The van der Waals surface area contributed by atoms with Gasteiger partial charge in [0, 0.05) is 0 Å². The molecule has 0 aromatic rings. The Labute approximate surface area is 183 Å². The van der Waals surface area contributed by atoms with E-state index in [0.717, 1.165) is 0 Å². The van der Waals surface area contributed by atoms with E-state index in [2.05, 4.69) is 5.32 Å². The van der Waals surface area contributed by atoms with Gasteiger partial charge in [-0.25, -0.2) is 14.4 Å². The summed E-state index contributed by atoms with van der Waals surface area (Å²) in [4.78, 5) is 51.9. The highest BCUT2D eigenvalue weighted by molar-refractivity contribution is 5.96. The molecule has 0 aliphatic carbocycles. The maximum atomic E-state index is 11.4. The molecule has 0 fully saturated rings. The molecule has 0 aromatic carbocycles. The molecule has 15 heteroatoms. The molecule has 0 radical (unpaired) electrons. The van der Waals surface area contributed by atoms with Gasteiger partial charge in [-0.2, -0.15) is 13.2 Å². The molecule has 3 atom stereocenters. The molecule has 188 valence electrons. The fourth-order valence-electron chi connectivity index (χ4n) is 1.42. The Morgan fingerprint density at radius 3 is 1.44 bits per heavy atom. The summed E-state index contributed by atoms with van der Waals surface area (Å²) in [6, 6.07) is -3.04. The maximum absolute atomic E-state index is 11.4. The van der Waals surface area contributed by atoms with Gasteiger partial charge in [-0.15, -0.1) is 0 Å². The van der Waals surface area contributed by atoms with Gasteiger partial charge in [-0.05, 0) is 18.3 Å². The van der Waals surface area contributed by atoms with Crippen molar-refractivity contribution in [2.75, 3.05) is 0 Å². The zero-order valence-corrected chi connectivity index (χ0v) is 18.4. The monoisotopic (exact) mass is 475 g/mol. The molecule has 12 nitrogen and oxygen atoms in total. The first-order chi connectivity index (χ1) is 14.3. The molecule has 0 aromatic heterocycles.